The molecule has 45 heavy (non-hydrogen) atoms. The van der Waals surface area contributed by atoms with Gasteiger partial charge >= 0.3 is 0 Å². The van der Waals surface area contributed by atoms with Crippen molar-refractivity contribution >= 4 is 45.0 Å². The van der Waals surface area contributed by atoms with Crippen LogP contribution in [-0.2, 0) is 24.2 Å². The first-order valence-electron chi connectivity index (χ1n) is 14.4. The molecule has 3 aromatic heterocycles. The lowest BCUT2D eigenvalue weighted by Crippen LogP contribution is -2.27. The third-order valence-electron chi connectivity index (χ3n) is 7.67. The van der Waals surface area contributed by atoms with Gasteiger partial charge in [0.1, 0.15) is 28.6 Å². The Morgan fingerprint density at radius 1 is 1.18 bits per heavy atom. The average Bonchev–Trinajstić information content (AvgIpc) is 3.33. The van der Waals surface area contributed by atoms with Crippen molar-refractivity contribution in [3.05, 3.63) is 70.4 Å². The number of aliphatic hydroxyl groups excluding tert-OH is 1. The van der Waals surface area contributed by atoms with Crippen molar-refractivity contribution in [1.29, 1.82) is 0 Å². The molecule has 1 aliphatic heterocycles. The molecule has 0 saturated heterocycles. The van der Waals surface area contributed by atoms with Crippen molar-refractivity contribution in [3.63, 3.8) is 0 Å². The number of methoxy groups -OCH3 is 1. The van der Waals surface area contributed by atoms with Crippen LogP contribution in [0.2, 0.25) is 5.28 Å². The van der Waals surface area contributed by atoms with Crippen LogP contribution in [0.5, 0.6) is 5.75 Å². The van der Waals surface area contributed by atoms with Crippen molar-refractivity contribution in [2.45, 2.75) is 32.9 Å². The zero-order valence-electron chi connectivity index (χ0n) is 24.6. The highest BCUT2D eigenvalue weighted by molar-refractivity contribution is 6.28. The Labute approximate surface area is 261 Å². The molecular weight excluding hydrogens is 608 g/mol. The molecule has 0 spiro atoms. The van der Waals surface area contributed by atoms with E-state index in [1.807, 2.05) is 11.8 Å². The summed E-state index contributed by atoms with van der Waals surface area (Å²) in [7, 11) is 1.49. The molecule has 1 aliphatic rings. The number of carbonyl (C=O) groups excluding carboxylic acids is 1. The van der Waals surface area contributed by atoms with E-state index in [-0.39, 0.29) is 48.0 Å². The van der Waals surface area contributed by atoms with Crippen molar-refractivity contribution < 1.29 is 28.2 Å². The first-order chi connectivity index (χ1) is 21.8. The van der Waals surface area contributed by atoms with Gasteiger partial charge in [-0.2, -0.15) is 10.1 Å². The van der Waals surface area contributed by atoms with E-state index in [2.05, 4.69) is 25.4 Å². The van der Waals surface area contributed by atoms with Gasteiger partial charge < -0.3 is 24.8 Å². The first-order valence-corrected chi connectivity index (χ1v) is 14.8. The highest BCUT2D eigenvalue weighted by Crippen LogP contribution is 2.39. The second-order valence-corrected chi connectivity index (χ2v) is 10.8. The van der Waals surface area contributed by atoms with Gasteiger partial charge in [0.05, 0.1) is 24.2 Å². The van der Waals surface area contributed by atoms with E-state index in [1.165, 1.54) is 19.4 Å². The lowest BCUT2D eigenvalue weighted by molar-refractivity contribution is 0.0512. The molecule has 0 bridgehead atoms. The number of amides is 1. The van der Waals surface area contributed by atoms with E-state index in [1.54, 1.807) is 28.9 Å². The summed E-state index contributed by atoms with van der Waals surface area (Å²) in [5.74, 6) is -0.745. The number of hydrogen-bond acceptors (Lipinski definition) is 9. The summed E-state index contributed by atoms with van der Waals surface area (Å²) in [5.41, 5.74) is 1.68. The maximum absolute atomic E-state index is 16.6. The summed E-state index contributed by atoms with van der Waals surface area (Å²) in [5, 5.41) is 17.4. The number of aliphatic hydroxyl groups is 1. The normalized spacial score (nSPS) is 13.2. The molecule has 5 aromatic rings. The Hall–Kier alpha value is -4.46. The Bertz CT molecular complexity index is 1920. The maximum atomic E-state index is 16.6. The van der Waals surface area contributed by atoms with Crippen LogP contribution in [0.1, 0.15) is 35.1 Å². The number of carbonyl (C=O) groups is 1. The summed E-state index contributed by atoms with van der Waals surface area (Å²) < 4.78 is 44.0. The zero-order chi connectivity index (χ0) is 31.7. The standard InChI is InChI=1S/C31H30ClF2N7O4/c1-3-20-23(33)6-5-17-11-19(45-16-44-2)13-21(25(17)20)27-26(34)28-22(14-36-27)29(38-31(32)37-28)40-8-4-9-41-18(15-40)12-24(39-41)30(43)35-7-10-42/h5-6,11-14,42H,3-4,7-10,15-16H2,1-2H3,(H,35,43). The number of aromatic nitrogens is 5. The molecule has 0 aliphatic carbocycles. The number of ether oxygens (including phenoxy) is 2. The van der Waals surface area contributed by atoms with Crippen LogP contribution in [0.25, 0.3) is 32.9 Å². The lowest BCUT2D eigenvalue weighted by Gasteiger charge is -2.23. The van der Waals surface area contributed by atoms with Gasteiger partial charge in [-0.05, 0) is 65.0 Å². The number of anilines is 1. The van der Waals surface area contributed by atoms with Crippen molar-refractivity contribution in [1.82, 2.24) is 30.0 Å². The molecule has 0 fully saturated rings. The zero-order valence-corrected chi connectivity index (χ0v) is 25.4. The van der Waals surface area contributed by atoms with Crippen LogP contribution in [0, 0.1) is 11.6 Å². The third-order valence-corrected chi connectivity index (χ3v) is 7.84. The summed E-state index contributed by atoms with van der Waals surface area (Å²) in [6.07, 6.45) is 2.53. The maximum Gasteiger partial charge on any atom is 0.271 e. The average molecular weight is 638 g/mol. The van der Waals surface area contributed by atoms with E-state index in [9.17, 15) is 9.18 Å². The summed E-state index contributed by atoms with van der Waals surface area (Å²) in [6, 6.07) is 8.05. The molecule has 1 amide bonds. The Morgan fingerprint density at radius 3 is 2.80 bits per heavy atom. The van der Waals surface area contributed by atoms with Crippen molar-refractivity contribution in [2.24, 2.45) is 0 Å². The molecular formula is C31H30ClF2N7O4. The SMILES string of the molecule is CCc1c(F)ccc2cc(OCOC)cc(-c3ncc4c(N5CCCn6nc(C(=O)NCCO)cc6C5)nc(Cl)nc4c3F)c12. The van der Waals surface area contributed by atoms with Gasteiger partial charge in [-0.1, -0.05) is 13.0 Å². The van der Waals surface area contributed by atoms with Crippen LogP contribution < -0.4 is 15.0 Å². The lowest BCUT2D eigenvalue weighted by atomic mass is 9.94. The predicted octanol–water partition coefficient (Wildman–Crippen LogP) is 4.65. The van der Waals surface area contributed by atoms with Crippen LogP contribution >= 0.6 is 11.6 Å². The molecule has 0 radical (unpaired) electrons. The number of halogens is 3. The largest absolute Gasteiger partial charge is 0.468 e. The van der Waals surface area contributed by atoms with E-state index >= 15 is 4.39 Å². The topological polar surface area (TPSA) is 128 Å². The first kappa shape index (κ1) is 30.6. The number of hydrogen-bond donors (Lipinski definition) is 2. The summed E-state index contributed by atoms with van der Waals surface area (Å²) in [6.45, 7) is 3.15. The number of nitrogens with zero attached hydrogens (tertiary/aromatic N) is 6. The van der Waals surface area contributed by atoms with Crippen LogP contribution in [0.3, 0.4) is 0 Å². The quantitative estimate of drug-likeness (QED) is 0.175. The fourth-order valence-corrected chi connectivity index (χ4v) is 5.85. The van der Waals surface area contributed by atoms with E-state index < -0.39 is 11.6 Å². The number of aryl methyl sites for hydroxylation is 2. The predicted molar refractivity (Wildman–Crippen MR) is 164 cm³/mol. The van der Waals surface area contributed by atoms with Crippen LogP contribution in [0.4, 0.5) is 14.6 Å². The minimum absolute atomic E-state index is 0.0316. The van der Waals surface area contributed by atoms with E-state index in [4.69, 9.17) is 26.2 Å². The molecule has 234 valence electrons. The van der Waals surface area contributed by atoms with Crippen LogP contribution in [-0.4, -0.2) is 69.3 Å². The summed E-state index contributed by atoms with van der Waals surface area (Å²) in [4.78, 5) is 27.6. The van der Waals surface area contributed by atoms with Gasteiger partial charge in [-0.25, -0.2) is 13.8 Å². The highest BCUT2D eigenvalue weighted by Gasteiger charge is 2.25. The Morgan fingerprint density at radius 2 is 2.02 bits per heavy atom. The molecule has 2 aromatic carbocycles. The number of benzene rings is 2. The van der Waals surface area contributed by atoms with Gasteiger partial charge in [0.2, 0.25) is 5.28 Å². The second-order valence-electron chi connectivity index (χ2n) is 10.5. The summed E-state index contributed by atoms with van der Waals surface area (Å²) >= 11 is 6.38. The molecule has 14 heteroatoms. The van der Waals surface area contributed by atoms with Gasteiger partial charge in [-0.3, -0.25) is 14.5 Å². The number of fused-ring (bicyclic) bond motifs is 3. The minimum atomic E-state index is -0.739. The molecule has 0 saturated carbocycles. The van der Waals surface area contributed by atoms with Gasteiger partial charge in [0, 0.05) is 38.5 Å². The third kappa shape index (κ3) is 5.86. The van der Waals surface area contributed by atoms with Crippen LogP contribution in [0.15, 0.2) is 36.5 Å². The second kappa shape index (κ2) is 12.9. The molecule has 11 nitrogen and oxygen atoms in total. The molecule has 4 heterocycles. The smallest absolute Gasteiger partial charge is 0.271 e. The van der Waals surface area contributed by atoms with Gasteiger partial charge in [0.15, 0.2) is 18.3 Å². The number of rotatable bonds is 9. The molecule has 0 unspecified atom stereocenters. The fraction of sp³-hybridized carbons (Fsp3) is 0.323. The van der Waals surface area contributed by atoms with Gasteiger partial charge in [0.25, 0.3) is 5.91 Å². The molecule has 6 rings (SSSR count). The highest BCUT2D eigenvalue weighted by atomic mass is 35.5. The van der Waals surface area contributed by atoms with E-state index in [0.29, 0.717) is 71.3 Å². The van der Waals surface area contributed by atoms with Crippen molar-refractivity contribution in [2.75, 3.05) is 38.5 Å². The van der Waals surface area contributed by atoms with E-state index in [0.717, 1.165) is 5.69 Å². The van der Waals surface area contributed by atoms with Gasteiger partial charge in [-0.15, -0.1) is 0 Å². The fourth-order valence-electron chi connectivity index (χ4n) is 5.69. The Balaban J connectivity index is 1.45. The monoisotopic (exact) mass is 637 g/mol. The number of nitrogens with one attached hydrogen (secondary N) is 1. The minimum Gasteiger partial charge on any atom is -0.468 e. The molecule has 2 N–H and O–H groups in total. The Kier molecular flexibility index (Phi) is 8.74. The van der Waals surface area contributed by atoms with Crippen molar-refractivity contribution in [3.8, 4) is 17.0 Å². The molecule has 0 atom stereocenters. The number of pyridine rings is 1.